The Morgan fingerprint density at radius 2 is 1.95 bits per heavy atom. The fraction of sp³-hybridized carbons (Fsp3) is 0.167. The second kappa shape index (κ2) is 5.64. The van der Waals surface area contributed by atoms with Crippen LogP contribution in [0.2, 0.25) is 0 Å². The maximum Gasteiger partial charge on any atom is 0.232 e. The molecular formula is C18H15FO3. The molecule has 0 bridgehead atoms. The number of fused-ring (bicyclic) bond motifs is 1. The smallest absolute Gasteiger partial charge is 0.232 e. The van der Waals surface area contributed by atoms with Gasteiger partial charge in [0.2, 0.25) is 5.78 Å². The minimum absolute atomic E-state index is 0.167. The molecule has 0 saturated heterocycles. The summed E-state index contributed by atoms with van der Waals surface area (Å²) in [5.41, 5.74) is 2.07. The van der Waals surface area contributed by atoms with E-state index in [0.29, 0.717) is 29.2 Å². The lowest BCUT2D eigenvalue weighted by Gasteiger charge is -2.06. The highest BCUT2D eigenvalue weighted by Gasteiger charge is 2.29. The summed E-state index contributed by atoms with van der Waals surface area (Å²) >= 11 is 0. The predicted octanol–water partition coefficient (Wildman–Crippen LogP) is 4.15. The van der Waals surface area contributed by atoms with Gasteiger partial charge in [-0.3, -0.25) is 4.79 Å². The number of carbonyl (C=O) groups excluding carboxylic acids is 1. The summed E-state index contributed by atoms with van der Waals surface area (Å²) in [6.07, 6.45) is 1.61. The highest BCUT2D eigenvalue weighted by molar-refractivity contribution is 6.15. The molecule has 3 nitrogen and oxygen atoms in total. The van der Waals surface area contributed by atoms with E-state index in [4.69, 9.17) is 9.47 Å². The van der Waals surface area contributed by atoms with Crippen LogP contribution in [0.5, 0.6) is 11.5 Å². The molecule has 0 aromatic heterocycles. The molecule has 1 aliphatic heterocycles. The SMILES string of the molecule is CCOc1cc(C)c2c(c1)O/C(=C\c1ccc(F)cc1)C2=O. The molecule has 3 rings (SSSR count). The quantitative estimate of drug-likeness (QED) is 0.799. The predicted molar refractivity (Wildman–Crippen MR) is 81.7 cm³/mol. The topological polar surface area (TPSA) is 35.5 Å². The molecule has 22 heavy (non-hydrogen) atoms. The Morgan fingerprint density at radius 1 is 1.23 bits per heavy atom. The molecular weight excluding hydrogens is 283 g/mol. The number of allylic oxidation sites excluding steroid dienone is 1. The summed E-state index contributed by atoms with van der Waals surface area (Å²) in [4.78, 5) is 12.4. The van der Waals surface area contributed by atoms with Crippen molar-refractivity contribution in [2.24, 2.45) is 0 Å². The highest BCUT2D eigenvalue weighted by atomic mass is 19.1. The van der Waals surface area contributed by atoms with Crippen LogP contribution in [0.15, 0.2) is 42.2 Å². The van der Waals surface area contributed by atoms with Gasteiger partial charge < -0.3 is 9.47 Å². The average Bonchev–Trinajstić information content (AvgIpc) is 2.78. The second-order valence-electron chi connectivity index (χ2n) is 5.04. The molecule has 1 heterocycles. The van der Waals surface area contributed by atoms with E-state index < -0.39 is 0 Å². The molecule has 2 aromatic rings. The zero-order chi connectivity index (χ0) is 15.7. The normalized spacial score (nSPS) is 14.9. The number of benzene rings is 2. The van der Waals surface area contributed by atoms with E-state index in [1.807, 2.05) is 19.9 Å². The van der Waals surface area contributed by atoms with Crippen LogP contribution in [0.3, 0.4) is 0 Å². The van der Waals surface area contributed by atoms with Crippen LogP contribution in [0, 0.1) is 12.7 Å². The Hall–Kier alpha value is -2.62. The molecule has 1 aliphatic rings. The molecule has 0 fully saturated rings. The van der Waals surface area contributed by atoms with Crippen molar-refractivity contribution >= 4 is 11.9 Å². The van der Waals surface area contributed by atoms with E-state index in [0.717, 1.165) is 5.56 Å². The summed E-state index contributed by atoms with van der Waals surface area (Å²) in [6, 6.07) is 9.43. The van der Waals surface area contributed by atoms with Gasteiger partial charge in [-0.25, -0.2) is 4.39 Å². The molecule has 0 radical (unpaired) electrons. The summed E-state index contributed by atoms with van der Waals surface area (Å²) in [5.74, 6) is 0.927. The fourth-order valence-corrected chi connectivity index (χ4v) is 2.44. The largest absolute Gasteiger partial charge is 0.494 e. The van der Waals surface area contributed by atoms with Crippen molar-refractivity contribution in [1.29, 1.82) is 0 Å². The molecule has 112 valence electrons. The lowest BCUT2D eigenvalue weighted by molar-refractivity contribution is 0.101. The third-order valence-corrected chi connectivity index (χ3v) is 3.42. The second-order valence-corrected chi connectivity index (χ2v) is 5.04. The Balaban J connectivity index is 1.96. The third kappa shape index (κ3) is 2.60. The molecule has 4 heteroatoms. The first-order valence-electron chi connectivity index (χ1n) is 7.05. The van der Waals surface area contributed by atoms with Gasteiger partial charge in [0, 0.05) is 6.07 Å². The van der Waals surface area contributed by atoms with E-state index in [-0.39, 0.29) is 17.4 Å². The monoisotopic (exact) mass is 298 g/mol. The summed E-state index contributed by atoms with van der Waals surface area (Å²) in [6.45, 7) is 4.29. The Labute approximate surface area is 128 Å². The van der Waals surface area contributed by atoms with Crippen molar-refractivity contribution in [3.63, 3.8) is 0 Å². The first kappa shape index (κ1) is 14.3. The van der Waals surface area contributed by atoms with Crippen molar-refractivity contribution in [2.45, 2.75) is 13.8 Å². The maximum absolute atomic E-state index is 12.9. The minimum atomic E-state index is -0.318. The Morgan fingerprint density at radius 3 is 2.64 bits per heavy atom. The average molecular weight is 298 g/mol. The number of hydrogen-bond donors (Lipinski definition) is 0. The maximum atomic E-state index is 12.9. The van der Waals surface area contributed by atoms with E-state index >= 15 is 0 Å². The van der Waals surface area contributed by atoms with Crippen LogP contribution in [-0.4, -0.2) is 12.4 Å². The van der Waals surface area contributed by atoms with Gasteiger partial charge in [0.25, 0.3) is 0 Å². The molecule has 0 aliphatic carbocycles. The van der Waals surface area contributed by atoms with Crippen molar-refractivity contribution in [3.8, 4) is 11.5 Å². The van der Waals surface area contributed by atoms with Crippen LogP contribution in [0.1, 0.15) is 28.4 Å². The summed E-state index contributed by atoms with van der Waals surface area (Å²) in [5, 5.41) is 0. The molecule has 0 unspecified atom stereocenters. The molecule has 0 N–H and O–H groups in total. The lowest BCUT2D eigenvalue weighted by atomic mass is 10.0. The number of aryl methyl sites for hydroxylation is 1. The van der Waals surface area contributed by atoms with Crippen molar-refractivity contribution < 1.29 is 18.7 Å². The van der Waals surface area contributed by atoms with Gasteiger partial charge in [-0.05, 0) is 49.2 Å². The zero-order valence-electron chi connectivity index (χ0n) is 12.4. The van der Waals surface area contributed by atoms with Crippen molar-refractivity contribution in [1.82, 2.24) is 0 Å². The van der Waals surface area contributed by atoms with Gasteiger partial charge in [-0.2, -0.15) is 0 Å². The third-order valence-electron chi connectivity index (χ3n) is 3.42. The summed E-state index contributed by atoms with van der Waals surface area (Å²) in [7, 11) is 0. The number of Topliss-reactive ketones (excluding diaryl/α,β-unsaturated/α-hetero) is 1. The van der Waals surface area contributed by atoms with Crippen LogP contribution >= 0.6 is 0 Å². The number of ether oxygens (including phenoxy) is 2. The molecule has 0 spiro atoms. The first-order chi connectivity index (χ1) is 10.6. The number of rotatable bonds is 3. The van der Waals surface area contributed by atoms with Crippen molar-refractivity contribution in [2.75, 3.05) is 6.61 Å². The Bertz CT molecular complexity index is 761. The van der Waals surface area contributed by atoms with E-state index in [9.17, 15) is 9.18 Å². The number of ketones is 1. The highest BCUT2D eigenvalue weighted by Crippen LogP contribution is 2.37. The summed E-state index contributed by atoms with van der Waals surface area (Å²) < 4.78 is 24.0. The molecule has 2 aromatic carbocycles. The number of halogens is 1. The minimum Gasteiger partial charge on any atom is -0.494 e. The fourth-order valence-electron chi connectivity index (χ4n) is 2.44. The van der Waals surface area contributed by atoms with Crippen LogP contribution < -0.4 is 9.47 Å². The van der Waals surface area contributed by atoms with Crippen molar-refractivity contribution in [3.05, 3.63) is 64.7 Å². The molecule has 0 amide bonds. The Kier molecular flexibility index (Phi) is 3.67. The number of carbonyl (C=O) groups is 1. The first-order valence-corrected chi connectivity index (χ1v) is 7.05. The van der Waals surface area contributed by atoms with Gasteiger partial charge in [0.1, 0.15) is 17.3 Å². The number of hydrogen-bond acceptors (Lipinski definition) is 3. The van der Waals surface area contributed by atoms with E-state index in [1.165, 1.54) is 12.1 Å². The molecule has 0 saturated carbocycles. The van der Waals surface area contributed by atoms with Crippen LogP contribution in [-0.2, 0) is 0 Å². The van der Waals surface area contributed by atoms with Crippen LogP contribution in [0.25, 0.3) is 6.08 Å². The van der Waals surface area contributed by atoms with E-state index in [2.05, 4.69) is 0 Å². The standard InChI is InChI=1S/C18H15FO3/c1-3-21-14-8-11(2)17-15(10-14)22-16(18(17)20)9-12-4-6-13(19)7-5-12/h4-10H,3H2,1-2H3/b16-9-. The van der Waals surface area contributed by atoms with Gasteiger partial charge in [-0.15, -0.1) is 0 Å². The van der Waals surface area contributed by atoms with Crippen LogP contribution in [0.4, 0.5) is 4.39 Å². The van der Waals surface area contributed by atoms with Gasteiger partial charge in [0.05, 0.1) is 12.2 Å². The van der Waals surface area contributed by atoms with Gasteiger partial charge in [0.15, 0.2) is 5.76 Å². The zero-order valence-corrected chi connectivity index (χ0v) is 12.4. The van der Waals surface area contributed by atoms with E-state index in [1.54, 1.807) is 24.3 Å². The molecule has 0 atom stereocenters. The van der Waals surface area contributed by atoms with Gasteiger partial charge in [-0.1, -0.05) is 12.1 Å². The lowest BCUT2D eigenvalue weighted by Crippen LogP contribution is -1.99. The van der Waals surface area contributed by atoms with Gasteiger partial charge >= 0.3 is 0 Å².